The maximum Gasteiger partial charge on any atom is 0.252 e. The molecule has 3 rings (SSSR count). The molecular formula is C20H26N2O. The van der Waals surface area contributed by atoms with E-state index in [1.165, 1.54) is 31.2 Å². The molecule has 3 nitrogen and oxygen atoms in total. The summed E-state index contributed by atoms with van der Waals surface area (Å²) in [5, 5.41) is 3.50. The monoisotopic (exact) mass is 310 g/mol. The van der Waals surface area contributed by atoms with Crippen LogP contribution in [0.3, 0.4) is 0 Å². The number of nitrogens with one attached hydrogen (secondary N) is 2. The van der Waals surface area contributed by atoms with Crippen LogP contribution in [-0.2, 0) is 6.54 Å². The van der Waals surface area contributed by atoms with Gasteiger partial charge in [-0.25, -0.2) is 0 Å². The molecule has 2 N–H and O–H groups in total. The number of aromatic amines is 1. The minimum atomic E-state index is 0.0148. The van der Waals surface area contributed by atoms with Crippen molar-refractivity contribution < 1.29 is 0 Å². The van der Waals surface area contributed by atoms with Gasteiger partial charge in [-0.15, -0.1) is 0 Å². The second-order valence-corrected chi connectivity index (χ2v) is 6.87. The topological polar surface area (TPSA) is 44.9 Å². The van der Waals surface area contributed by atoms with Crippen molar-refractivity contribution in [1.29, 1.82) is 0 Å². The summed E-state index contributed by atoms with van der Waals surface area (Å²) in [4.78, 5) is 15.3. The largest absolute Gasteiger partial charge is 0.322 e. The molecule has 0 saturated heterocycles. The summed E-state index contributed by atoms with van der Waals surface area (Å²) in [6.45, 7) is 5.03. The highest BCUT2D eigenvalue weighted by atomic mass is 16.1. The third-order valence-electron chi connectivity index (χ3n) is 4.82. The van der Waals surface area contributed by atoms with E-state index in [0.717, 1.165) is 16.8 Å². The van der Waals surface area contributed by atoms with Crippen LogP contribution < -0.4 is 10.9 Å². The molecule has 122 valence electrons. The van der Waals surface area contributed by atoms with Crippen molar-refractivity contribution in [3.63, 3.8) is 0 Å². The fourth-order valence-electron chi connectivity index (χ4n) is 3.24. The fraction of sp³-hybridized carbons (Fsp3) is 0.450. The lowest BCUT2D eigenvalue weighted by atomic mass is 10.0. The first-order chi connectivity index (χ1) is 11.1. The van der Waals surface area contributed by atoms with Gasteiger partial charge in [0.15, 0.2) is 0 Å². The number of hydrogen-bond acceptors (Lipinski definition) is 2. The molecular weight excluding hydrogens is 284 g/mol. The number of hydrogen-bond donors (Lipinski definition) is 2. The third-order valence-corrected chi connectivity index (χ3v) is 4.82. The molecule has 1 aliphatic carbocycles. The van der Waals surface area contributed by atoms with E-state index in [1.54, 1.807) is 0 Å². The zero-order valence-corrected chi connectivity index (χ0v) is 14.1. The van der Waals surface area contributed by atoms with Gasteiger partial charge in [0, 0.05) is 23.8 Å². The first-order valence-electron chi connectivity index (χ1n) is 8.69. The van der Waals surface area contributed by atoms with E-state index < -0.39 is 0 Å². The van der Waals surface area contributed by atoms with Crippen LogP contribution in [0, 0.1) is 0 Å². The van der Waals surface area contributed by atoms with Gasteiger partial charge in [0.1, 0.15) is 0 Å². The first-order valence-corrected chi connectivity index (χ1v) is 8.69. The number of benzene rings is 1. The Morgan fingerprint density at radius 1 is 1.09 bits per heavy atom. The van der Waals surface area contributed by atoms with Crippen molar-refractivity contribution in [3.8, 4) is 11.3 Å². The summed E-state index contributed by atoms with van der Waals surface area (Å²) < 4.78 is 0. The highest BCUT2D eigenvalue weighted by Crippen LogP contribution is 2.21. The number of rotatable bonds is 5. The highest BCUT2D eigenvalue weighted by molar-refractivity contribution is 5.59. The normalized spacial score (nSPS) is 15.4. The standard InChI is InChI=1S/C20H26N2O/c1-14(2)15-7-9-16(10-8-15)19-12-11-17(20(23)22-19)13-21-18-5-3-4-6-18/h7-12,14,18,21H,3-6,13H2,1-2H3,(H,22,23). The average Bonchev–Trinajstić information content (AvgIpc) is 3.07. The molecule has 0 radical (unpaired) electrons. The predicted molar refractivity (Wildman–Crippen MR) is 95.7 cm³/mol. The Morgan fingerprint density at radius 2 is 1.78 bits per heavy atom. The summed E-state index contributed by atoms with van der Waals surface area (Å²) in [6.07, 6.45) is 5.08. The van der Waals surface area contributed by atoms with Gasteiger partial charge in [0.05, 0.1) is 0 Å². The van der Waals surface area contributed by atoms with Gasteiger partial charge < -0.3 is 10.3 Å². The molecule has 1 aromatic heterocycles. The quantitative estimate of drug-likeness (QED) is 0.869. The lowest BCUT2D eigenvalue weighted by molar-refractivity contribution is 0.522. The van der Waals surface area contributed by atoms with Crippen LogP contribution in [0.5, 0.6) is 0 Å². The van der Waals surface area contributed by atoms with Gasteiger partial charge in [0.2, 0.25) is 0 Å². The Kier molecular flexibility index (Phi) is 4.97. The molecule has 0 aliphatic heterocycles. The van der Waals surface area contributed by atoms with Gasteiger partial charge >= 0.3 is 0 Å². The molecule has 0 amide bonds. The van der Waals surface area contributed by atoms with Crippen LogP contribution in [0.25, 0.3) is 11.3 Å². The van der Waals surface area contributed by atoms with Crippen LogP contribution in [0.15, 0.2) is 41.2 Å². The van der Waals surface area contributed by atoms with Gasteiger partial charge in [-0.3, -0.25) is 4.79 Å². The molecule has 1 heterocycles. The van der Waals surface area contributed by atoms with E-state index in [0.29, 0.717) is 18.5 Å². The van der Waals surface area contributed by atoms with Crippen LogP contribution in [0.4, 0.5) is 0 Å². The Hall–Kier alpha value is -1.87. The van der Waals surface area contributed by atoms with E-state index in [4.69, 9.17) is 0 Å². The predicted octanol–water partition coefficient (Wildman–Crippen LogP) is 4.20. The van der Waals surface area contributed by atoms with Gasteiger partial charge in [-0.05, 0) is 36.0 Å². The number of aromatic nitrogens is 1. The van der Waals surface area contributed by atoms with Crippen molar-refractivity contribution in [2.45, 2.75) is 58.0 Å². The zero-order valence-electron chi connectivity index (χ0n) is 14.1. The smallest absolute Gasteiger partial charge is 0.252 e. The molecule has 1 aromatic carbocycles. The van der Waals surface area contributed by atoms with E-state index >= 15 is 0 Å². The van der Waals surface area contributed by atoms with Crippen LogP contribution in [-0.4, -0.2) is 11.0 Å². The molecule has 23 heavy (non-hydrogen) atoms. The SMILES string of the molecule is CC(C)c1ccc(-c2ccc(CNC3CCCC3)c(=O)[nH]2)cc1. The third kappa shape index (κ3) is 3.91. The van der Waals surface area contributed by atoms with Crippen molar-refractivity contribution in [2.24, 2.45) is 0 Å². The Bertz CT molecular complexity index is 694. The first kappa shape index (κ1) is 16.0. The van der Waals surface area contributed by atoms with Crippen molar-refractivity contribution in [2.75, 3.05) is 0 Å². The molecule has 2 aromatic rings. The van der Waals surface area contributed by atoms with E-state index in [2.05, 4.69) is 48.4 Å². The Morgan fingerprint density at radius 3 is 2.39 bits per heavy atom. The van der Waals surface area contributed by atoms with Crippen molar-refractivity contribution >= 4 is 0 Å². The average molecular weight is 310 g/mol. The molecule has 0 atom stereocenters. The maximum absolute atomic E-state index is 12.3. The molecule has 1 aliphatic rings. The second-order valence-electron chi connectivity index (χ2n) is 6.87. The minimum Gasteiger partial charge on any atom is -0.322 e. The van der Waals surface area contributed by atoms with Gasteiger partial charge in [0.25, 0.3) is 5.56 Å². The van der Waals surface area contributed by atoms with E-state index in [-0.39, 0.29) is 5.56 Å². The zero-order chi connectivity index (χ0) is 16.2. The molecule has 1 fully saturated rings. The molecule has 1 saturated carbocycles. The number of H-pyrrole nitrogens is 1. The lowest BCUT2D eigenvalue weighted by Crippen LogP contribution is -2.28. The maximum atomic E-state index is 12.3. The van der Waals surface area contributed by atoms with Crippen molar-refractivity contribution in [1.82, 2.24) is 10.3 Å². The molecule has 0 unspecified atom stereocenters. The van der Waals surface area contributed by atoms with E-state index in [1.807, 2.05) is 12.1 Å². The summed E-state index contributed by atoms with van der Waals surface area (Å²) in [5.74, 6) is 0.520. The van der Waals surface area contributed by atoms with E-state index in [9.17, 15) is 4.79 Å². The van der Waals surface area contributed by atoms with Crippen LogP contribution >= 0.6 is 0 Å². The lowest BCUT2D eigenvalue weighted by Gasteiger charge is -2.12. The molecule has 0 bridgehead atoms. The summed E-state index contributed by atoms with van der Waals surface area (Å²) in [7, 11) is 0. The van der Waals surface area contributed by atoms with Crippen molar-refractivity contribution in [3.05, 3.63) is 57.9 Å². The molecule has 3 heteroatoms. The Labute approximate surface area is 138 Å². The van der Waals surface area contributed by atoms with Crippen LogP contribution in [0.1, 0.15) is 56.6 Å². The summed E-state index contributed by atoms with van der Waals surface area (Å²) >= 11 is 0. The summed E-state index contributed by atoms with van der Waals surface area (Å²) in [5.41, 5.74) is 4.09. The Balaban J connectivity index is 1.71. The minimum absolute atomic E-state index is 0.0148. The number of pyridine rings is 1. The molecule has 0 spiro atoms. The highest BCUT2D eigenvalue weighted by Gasteiger charge is 2.14. The van der Waals surface area contributed by atoms with Gasteiger partial charge in [-0.1, -0.05) is 57.0 Å². The van der Waals surface area contributed by atoms with Gasteiger partial charge in [-0.2, -0.15) is 0 Å². The summed E-state index contributed by atoms with van der Waals surface area (Å²) in [6, 6.07) is 13.0. The second kappa shape index (κ2) is 7.14. The fourth-order valence-corrected chi connectivity index (χ4v) is 3.24. The van der Waals surface area contributed by atoms with Crippen LogP contribution in [0.2, 0.25) is 0 Å².